The maximum Gasteiger partial charge on any atom is 0.200 e. The quantitative estimate of drug-likeness (QED) is 0.0660. The Labute approximate surface area is 721 Å². The number of aromatic nitrogens is 4. The molecule has 130 heavy (non-hydrogen) atoms. The lowest BCUT2D eigenvalue weighted by atomic mass is 9.98. The first-order valence-corrected chi connectivity index (χ1v) is 37.5. The first kappa shape index (κ1) is 88.1. The molecule has 0 amide bonds. The van der Waals surface area contributed by atoms with Gasteiger partial charge in [-0.3, -0.25) is 0 Å². The van der Waals surface area contributed by atoms with Gasteiger partial charge in [-0.2, -0.15) is 0 Å². The van der Waals surface area contributed by atoms with E-state index in [0.29, 0.717) is 72.9 Å². The zero-order valence-electron chi connectivity index (χ0n) is 62.3. The van der Waals surface area contributed by atoms with E-state index in [9.17, 15) is 0 Å². The molecule has 0 atom stereocenters. The highest BCUT2D eigenvalue weighted by molar-refractivity contribution is 6.44. The van der Waals surface area contributed by atoms with Crippen LogP contribution in [0.4, 0.5) is 132 Å². The van der Waals surface area contributed by atoms with Crippen molar-refractivity contribution in [3.63, 3.8) is 0 Å². The lowest BCUT2D eigenvalue weighted by molar-refractivity contribution is 0.376. The molecule has 8 aromatic carbocycles. The van der Waals surface area contributed by atoms with Crippen molar-refractivity contribution < 1.29 is 132 Å². The van der Waals surface area contributed by atoms with E-state index in [1.54, 1.807) is 0 Å². The van der Waals surface area contributed by atoms with E-state index in [2.05, 4.69) is 39.9 Å². The van der Waals surface area contributed by atoms with Crippen LogP contribution in [0.5, 0.6) is 0 Å². The van der Waals surface area contributed by atoms with Crippen LogP contribution in [0, 0.1) is 175 Å². The van der Waals surface area contributed by atoms with E-state index in [4.69, 9.17) is 46.4 Å². The predicted molar refractivity (Wildman–Crippen MR) is 412 cm³/mol. The highest BCUT2D eigenvalue weighted by Crippen LogP contribution is 2.47. The molecule has 16 bridgehead atoms. The van der Waals surface area contributed by atoms with Crippen molar-refractivity contribution in [3.8, 4) is 0 Å². The molecule has 8 nitrogen and oxygen atoms in total. The van der Waals surface area contributed by atoms with Crippen LogP contribution < -0.4 is 21.4 Å². The summed E-state index contributed by atoms with van der Waals surface area (Å²) in [7, 11) is 0. The van der Waals surface area contributed by atoms with Gasteiger partial charge in [0, 0.05) is 99.9 Å². The summed E-state index contributed by atoms with van der Waals surface area (Å²) in [6, 6.07) is 12.0. The van der Waals surface area contributed by atoms with Gasteiger partial charge in [0.15, 0.2) is 140 Å². The van der Waals surface area contributed by atoms with E-state index in [0.717, 1.165) is 48.6 Å². The molecule has 0 unspecified atom stereocenters. The molecule has 12 aromatic rings. The fourth-order valence-corrected chi connectivity index (χ4v) is 16.1. The monoisotopic (exact) mass is 1900 g/mol. The lowest BCUT2D eigenvalue weighted by Gasteiger charge is -2.15. The average molecular weight is 1910 g/mol. The molecule has 0 fully saturated rings. The fourth-order valence-electron chi connectivity index (χ4n) is 14.9. The van der Waals surface area contributed by atoms with Crippen LogP contribution in [0.3, 0.4) is 0 Å². The number of benzene rings is 8. The van der Waals surface area contributed by atoms with E-state index in [1.165, 1.54) is 12.1 Å². The normalized spacial score (nSPS) is 14.7. The minimum Gasteiger partial charge on any atom is -0.354 e. The first-order chi connectivity index (χ1) is 61.7. The van der Waals surface area contributed by atoms with Gasteiger partial charge >= 0.3 is 0 Å². The zero-order valence-corrected chi connectivity index (χ0v) is 65.4. The molecule has 656 valence electrons. The summed E-state index contributed by atoms with van der Waals surface area (Å²) < 4.78 is 486. The Morgan fingerprint density at radius 3 is 0.492 bits per heavy atom. The molecule has 0 spiro atoms. The molecule has 0 saturated heterocycles. The summed E-state index contributed by atoms with van der Waals surface area (Å²) in [4.78, 5) is 26.8. The number of halogens is 34. The van der Waals surface area contributed by atoms with Crippen LogP contribution in [-0.4, -0.2) is 42.8 Å². The van der Waals surface area contributed by atoms with Gasteiger partial charge in [0.05, 0.1) is 99.1 Å². The number of aliphatic imine (C=N–C) groups is 4. The number of aromatic amines is 4. The summed E-state index contributed by atoms with van der Waals surface area (Å²) >= 11 is 27.3. The SMILES string of the molecule is Fc1c(F)c(F)c(C2=C3C=CC(=N3)C(c3c(Cl)cccc3Cl)=c3ccc([nH]3)=C(c3c(F)c(F)c(F)c(F)c3F)C3=NC(=C(c4c(F)c(F)c(F)c(F)c4F)c4ccc([nH]4)C(c4c(F)c(F)c(F)c(F)c4F)=C4C=CC(=N4)C(c4c(Cl)cccc4Cl)=c4ccc([nH]4)=C(c4c(F)c(F)c(F)c(F)c4F)C4=NC(=C(c5c(F)c(F)c(F)c(F)c5F)c5ccc2[nH]5)C=C4)C=C3)c(F)c1F. The first-order valence-electron chi connectivity index (χ1n) is 36.0. The molecule has 0 saturated carbocycles. The minimum atomic E-state index is -2.87. The summed E-state index contributed by atoms with van der Waals surface area (Å²) in [6.07, 6.45) is 5.05. The molecule has 4 aromatic heterocycles. The summed E-state index contributed by atoms with van der Waals surface area (Å²) in [5.41, 5.74) is -35.9. The van der Waals surface area contributed by atoms with Crippen LogP contribution in [-0.2, 0) is 0 Å². The number of nitrogens with zero attached hydrogens (tertiary/aromatic N) is 4. The maximum atomic E-state index is 16.9. The highest BCUT2D eigenvalue weighted by atomic mass is 35.5. The van der Waals surface area contributed by atoms with Crippen LogP contribution in [0.1, 0.15) is 67.3 Å². The summed E-state index contributed by atoms with van der Waals surface area (Å²) in [5, 5.41) is -5.13. The van der Waals surface area contributed by atoms with Gasteiger partial charge in [0.1, 0.15) is 0 Å². The smallest absolute Gasteiger partial charge is 0.200 e. The summed E-state index contributed by atoms with van der Waals surface area (Å²) in [5.74, 6) is -83.3. The fraction of sp³-hybridized carbons (Fsp3) is 0. The van der Waals surface area contributed by atoms with E-state index < -0.39 is 374 Å². The number of hydrogen-bond acceptors (Lipinski definition) is 4. The number of nitrogens with one attached hydrogen (secondary N) is 4. The molecular formula is C88H26Cl4F30N8. The molecule has 9 heterocycles. The number of hydrogen-bond donors (Lipinski definition) is 4. The minimum absolute atomic E-state index is 0.478. The van der Waals surface area contributed by atoms with Gasteiger partial charge in [0.25, 0.3) is 0 Å². The molecule has 0 radical (unpaired) electrons. The molecule has 4 N–H and O–H groups in total. The van der Waals surface area contributed by atoms with Gasteiger partial charge in [-0.05, 0) is 121 Å². The highest BCUT2D eigenvalue weighted by Gasteiger charge is 2.41. The Kier molecular flexibility index (Phi) is 22.1. The summed E-state index contributed by atoms with van der Waals surface area (Å²) in [6.45, 7) is 0. The van der Waals surface area contributed by atoms with Gasteiger partial charge in [-0.1, -0.05) is 58.5 Å². The van der Waals surface area contributed by atoms with Gasteiger partial charge in [-0.15, -0.1) is 0 Å². The Bertz CT molecular complexity index is 7290. The number of fused-ring (bicyclic) bond motifs is 12. The van der Waals surface area contributed by atoms with Gasteiger partial charge in [-0.25, -0.2) is 152 Å². The second-order valence-electron chi connectivity index (χ2n) is 27.9. The Balaban J connectivity index is 1.07. The van der Waals surface area contributed by atoms with Crippen molar-refractivity contribution in [1.82, 2.24) is 19.9 Å². The third kappa shape index (κ3) is 13.7. The van der Waals surface area contributed by atoms with Gasteiger partial charge < -0.3 is 19.9 Å². The van der Waals surface area contributed by atoms with E-state index in [-0.39, 0.29) is 0 Å². The second-order valence-corrected chi connectivity index (χ2v) is 29.5. The van der Waals surface area contributed by atoms with Crippen molar-refractivity contribution >= 4 is 114 Å². The van der Waals surface area contributed by atoms with Crippen molar-refractivity contribution in [2.75, 3.05) is 0 Å². The van der Waals surface area contributed by atoms with Crippen molar-refractivity contribution in [2.45, 2.75) is 0 Å². The zero-order chi connectivity index (χ0) is 93.3. The molecular weight excluding hydrogens is 1880 g/mol. The lowest BCUT2D eigenvalue weighted by Crippen LogP contribution is -2.23. The predicted octanol–water partition coefficient (Wildman–Crippen LogP) is 22.8. The molecule has 5 aliphatic heterocycles. The topological polar surface area (TPSA) is 113 Å². The van der Waals surface area contributed by atoms with Crippen LogP contribution >= 0.6 is 46.4 Å². The number of rotatable bonds is 8. The molecule has 5 aliphatic rings. The Morgan fingerprint density at radius 2 is 0.315 bits per heavy atom. The van der Waals surface area contributed by atoms with Crippen LogP contribution in [0.15, 0.2) is 176 Å². The van der Waals surface area contributed by atoms with E-state index >= 15 is 132 Å². The van der Waals surface area contributed by atoms with E-state index in [1.807, 2.05) is 0 Å². The average Bonchev–Trinajstić information content (AvgIpc) is 1.57. The Hall–Kier alpha value is -14.0. The third-order valence-corrected chi connectivity index (χ3v) is 22.0. The second kappa shape index (κ2) is 32.6. The van der Waals surface area contributed by atoms with Gasteiger partial charge in [0.2, 0.25) is 34.9 Å². The molecule has 17 rings (SSSR count). The maximum absolute atomic E-state index is 16.9. The van der Waals surface area contributed by atoms with Crippen LogP contribution in [0.2, 0.25) is 20.1 Å². The van der Waals surface area contributed by atoms with Crippen molar-refractivity contribution in [2.24, 2.45) is 20.0 Å². The number of H-pyrrole nitrogens is 4. The molecule has 0 aliphatic carbocycles. The number of allylic oxidation sites excluding steroid dienone is 8. The largest absolute Gasteiger partial charge is 0.354 e. The van der Waals surface area contributed by atoms with Crippen molar-refractivity contribution in [1.29, 1.82) is 0 Å². The Morgan fingerprint density at radius 1 is 0.162 bits per heavy atom. The third-order valence-electron chi connectivity index (χ3n) is 20.7. The molecule has 42 heteroatoms. The van der Waals surface area contributed by atoms with Crippen molar-refractivity contribution in [3.05, 3.63) is 440 Å². The van der Waals surface area contributed by atoms with Crippen LogP contribution in [0.25, 0.3) is 44.6 Å². The standard InChI is InChI=1S/C88H26Cl4F30N8/c89-23-3-1-4-24(90)43(23)45-27-7-11-31(123-27)47(53-59(93)71(105)83(117)72(106)60(53)94)35-15-19-39(127-35)51(57-67(101)79(113)87(121)80(114)68(57)102)41-21-17-37(129-41)49(55-63(97)75(109)85(119)76(110)64(55)98)33-13-9-29(125-33)46(44-25(91)5-2-6-26(44)92)30-10-14-34(126-30)50(56-65(99)77(111)86(120)78(112)66(56)100)38-18-22-42(130-38)52(58-69(103)81(115)88(122)82(116)70(58)104)40-20-16-36(128-40)48(32-12-8-28(45)124-32)54-61(95)73(107)84(118)74(108)62(54)96/h1-22,123,126,128-129H.